The van der Waals surface area contributed by atoms with E-state index in [2.05, 4.69) is 10.4 Å². The van der Waals surface area contributed by atoms with Gasteiger partial charge in [-0.1, -0.05) is 6.07 Å². The molecule has 158 valence electrons. The van der Waals surface area contributed by atoms with Crippen molar-refractivity contribution in [1.82, 2.24) is 19.1 Å². The van der Waals surface area contributed by atoms with E-state index in [0.717, 1.165) is 16.0 Å². The average molecular weight is 431 g/mol. The Labute approximate surface area is 175 Å². The molecule has 11 heteroatoms. The SMILES string of the molecule is CCOC(=O)c1c(NC(=O)Cn2nc3ccccn3c2=O)sc(C(=O)N(C)C)c1C. The van der Waals surface area contributed by atoms with Crippen LogP contribution in [0.2, 0.25) is 0 Å². The number of carbonyl (C=O) groups is 3. The van der Waals surface area contributed by atoms with E-state index in [4.69, 9.17) is 4.74 Å². The van der Waals surface area contributed by atoms with Crippen LogP contribution >= 0.6 is 11.3 Å². The van der Waals surface area contributed by atoms with Crippen molar-refractivity contribution < 1.29 is 19.1 Å². The number of thiophene rings is 1. The normalized spacial score (nSPS) is 10.8. The number of esters is 1. The number of hydrogen-bond acceptors (Lipinski definition) is 7. The average Bonchev–Trinajstić information content (AvgIpc) is 3.18. The van der Waals surface area contributed by atoms with Crippen LogP contribution in [0.1, 0.15) is 32.5 Å². The second-order valence-corrected chi connectivity index (χ2v) is 7.62. The number of nitrogens with zero attached hydrogens (tertiary/aromatic N) is 4. The predicted molar refractivity (Wildman–Crippen MR) is 111 cm³/mol. The van der Waals surface area contributed by atoms with Crippen molar-refractivity contribution in [3.63, 3.8) is 0 Å². The van der Waals surface area contributed by atoms with Crippen molar-refractivity contribution in [1.29, 1.82) is 0 Å². The fourth-order valence-corrected chi connectivity index (χ4v) is 4.06. The Morgan fingerprint density at radius 1 is 1.27 bits per heavy atom. The summed E-state index contributed by atoms with van der Waals surface area (Å²) >= 11 is 0.988. The van der Waals surface area contributed by atoms with Crippen molar-refractivity contribution >= 4 is 39.8 Å². The first kappa shape index (κ1) is 21.2. The van der Waals surface area contributed by atoms with Crippen LogP contribution in [0.25, 0.3) is 5.65 Å². The Hall–Kier alpha value is -3.47. The zero-order chi connectivity index (χ0) is 22.0. The van der Waals surface area contributed by atoms with Crippen molar-refractivity contribution in [3.8, 4) is 0 Å². The van der Waals surface area contributed by atoms with Crippen molar-refractivity contribution in [2.45, 2.75) is 20.4 Å². The highest BCUT2D eigenvalue weighted by Gasteiger charge is 2.27. The first-order chi connectivity index (χ1) is 14.2. The highest BCUT2D eigenvalue weighted by molar-refractivity contribution is 7.18. The minimum absolute atomic E-state index is 0.128. The summed E-state index contributed by atoms with van der Waals surface area (Å²) in [6.45, 7) is 3.09. The molecule has 0 radical (unpaired) electrons. The summed E-state index contributed by atoms with van der Waals surface area (Å²) in [5, 5.41) is 6.93. The van der Waals surface area contributed by atoms with E-state index in [0.29, 0.717) is 16.1 Å². The van der Waals surface area contributed by atoms with Gasteiger partial charge >= 0.3 is 11.7 Å². The van der Waals surface area contributed by atoms with Crippen LogP contribution in [-0.4, -0.2) is 57.6 Å². The Bertz CT molecular complexity index is 1190. The molecule has 0 fully saturated rings. The molecular weight excluding hydrogens is 410 g/mol. The van der Waals surface area contributed by atoms with Gasteiger partial charge in [-0.05, 0) is 31.5 Å². The molecule has 0 aliphatic rings. The molecular formula is C19H21N5O5S. The number of anilines is 1. The first-order valence-electron chi connectivity index (χ1n) is 9.10. The third kappa shape index (κ3) is 3.96. The van der Waals surface area contributed by atoms with E-state index in [-0.39, 0.29) is 29.6 Å². The van der Waals surface area contributed by atoms with Gasteiger partial charge in [-0.15, -0.1) is 16.4 Å². The summed E-state index contributed by atoms with van der Waals surface area (Å²) in [4.78, 5) is 51.6. The number of hydrogen-bond donors (Lipinski definition) is 1. The Morgan fingerprint density at radius 2 is 2.00 bits per heavy atom. The third-order valence-corrected chi connectivity index (χ3v) is 5.46. The molecule has 0 saturated heterocycles. The highest BCUT2D eigenvalue weighted by Crippen LogP contribution is 2.34. The molecule has 1 N–H and O–H groups in total. The minimum atomic E-state index is -0.635. The number of pyridine rings is 1. The molecule has 0 aliphatic heterocycles. The topological polar surface area (TPSA) is 115 Å². The smallest absolute Gasteiger partial charge is 0.350 e. The number of carbonyl (C=O) groups excluding carboxylic acids is 3. The van der Waals surface area contributed by atoms with Gasteiger partial charge in [0.1, 0.15) is 11.5 Å². The molecule has 0 atom stereocenters. The lowest BCUT2D eigenvalue weighted by Crippen LogP contribution is -2.28. The maximum Gasteiger partial charge on any atom is 0.350 e. The van der Waals surface area contributed by atoms with Crippen LogP contribution in [0.5, 0.6) is 0 Å². The molecule has 30 heavy (non-hydrogen) atoms. The Balaban J connectivity index is 1.92. The lowest BCUT2D eigenvalue weighted by Gasteiger charge is -2.09. The molecule has 2 amide bonds. The monoisotopic (exact) mass is 431 g/mol. The summed E-state index contributed by atoms with van der Waals surface area (Å²) in [5.74, 6) is -1.49. The summed E-state index contributed by atoms with van der Waals surface area (Å²) < 4.78 is 7.43. The summed E-state index contributed by atoms with van der Waals surface area (Å²) in [7, 11) is 3.19. The minimum Gasteiger partial charge on any atom is -0.462 e. The van der Waals surface area contributed by atoms with E-state index < -0.39 is 17.6 Å². The van der Waals surface area contributed by atoms with Crippen molar-refractivity contribution in [2.75, 3.05) is 26.0 Å². The summed E-state index contributed by atoms with van der Waals surface area (Å²) in [6, 6.07) is 5.07. The van der Waals surface area contributed by atoms with E-state index in [9.17, 15) is 19.2 Å². The summed E-state index contributed by atoms with van der Waals surface area (Å²) in [6.07, 6.45) is 1.56. The van der Waals surface area contributed by atoms with Gasteiger partial charge in [0.15, 0.2) is 5.65 Å². The van der Waals surface area contributed by atoms with Crippen LogP contribution in [0.4, 0.5) is 5.00 Å². The lowest BCUT2D eigenvalue weighted by molar-refractivity contribution is -0.116. The van der Waals surface area contributed by atoms with Gasteiger partial charge in [0.2, 0.25) is 5.91 Å². The van der Waals surface area contributed by atoms with Crippen LogP contribution in [-0.2, 0) is 16.1 Å². The number of rotatable bonds is 6. The van der Waals surface area contributed by atoms with Crippen LogP contribution in [0.15, 0.2) is 29.2 Å². The molecule has 0 bridgehead atoms. The maximum atomic E-state index is 12.6. The second kappa shape index (κ2) is 8.49. The van der Waals surface area contributed by atoms with Gasteiger partial charge in [0.05, 0.1) is 17.0 Å². The number of fused-ring (bicyclic) bond motifs is 1. The first-order valence-corrected chi connectivity index (χ1v) is 9.92. The Morgan fingerprint density at radius 3 is 2.63 bits per heavy atom. The summed E-state index contributed by atoms with van der Waals surface area (Å²) in [5.41, 5.74) is 0.505. The molecule has 0 unspecified atom stereocenters. The molecule has 0 aromatic carbocycles. The molecule has 3 aromatic heterocycles. The van der Waals surface area contributed by atoms with E-state index in [1.54, 1.807) is 52.3 Å². The van der Waals surface area contributed by atoms with Crippen LogP contribution in [0.3, 0.4) is 0 Å². The standard InChI is InChI=1S/C19H21N5O5S/c1-5-29-18(27)14-11(2)15(17(26)22(3)4)30-16(14)20-13(25)10-24-19(28)23-9-7-6-8-12(23)21-24/h6-9H,5,10H2,1-4H3,(H,20,25). The molecule has 0 aliphatic carbocycles. The van der Waals surface area contributed by atoms with Gasteiger partial charge in [0, 0.05) is 20.3 Å². The van der Waals surface area contributed by atoms with Crippen molar-refractivity contribution in [2.24, 2.45) is 0 Å². The van der Waals surface area contributed by atoms with Gasteiger partial charge in [-0.3, -0.25) is 14.0 Å². The zero-order valence-electron chi connectivity index (χ0n) is 17.0. The van der Waals surface area contributed by atoms with Crippen molar-refractivity contribution in [3.05, 3.63) is 50.9 Å². The fourth-order valence-electron chi connectivity index (χ4n) is 2.83. The van der Waals surface area contributed by atoms with Crippen LogP contribution in [0, 0.1) is 6.92 Å². The Kier molecular flexibility index (Phi) is 6.01. The fraction of sp³-hybridized carbons (Fsp3) is 0.316. The van der Waals surface area contributed by atoms with Gasteiger partial charge in [0.25, 0.3) is 5.91 Å². The number of nitrogens with one attached hydrogen (secondary N) is 1. The van der Waals surface area contributed by atoms with E-state index >= 15 is 0 Å². The van der Waals surface area contributed by atoms with Gasteiger partial charge in [-0.2, -0.15) is 0 Å². The quantitative estimate of drug-likeness (QED) is 0.590. The highest BCUT2D eigenvalue weighted by atomic mass is 32.1. The second-order valence-electron chi connectivity index (χ2n) is 6.60. The maximum absolute atomic E-state index is 12.6. The van der Waals surface area contributed by atoms with Gasteiger partial charge < -0.3 is 15.0 Å². The third-order valence-electron chi connectivity index (χ3n) is 4.26. The van der Waals surface area contributed by atoms with Crippen LogP contribution < -0.4 is 11.0 Å². The lowest BCUT2D eigenvalue weighted by atomic mass is 10.1. The molecule has 3 rings (SSSR count). The number of amides is 2. The van der Waals surface area contributed by atoms with E-state index in [1.807, 2.05) is 0 Å². The predicted octanol–water partition coefficient (Wildman–Crippen LogP) is 1.38. The number of aromatic nitrogens is 3. The number of ether oxygens (including phenoxy) is 1. The zero-order valence-corrected chi connectivity index (χ0v) is 17.8. The largest absolute Gasteiger partial charge is 0.462 e. The van der Waals surface area contributed by atoms with Gasteiger partial charge in [-0.25, -0.2) is 14.3 Å². The van der Waals surface area contributed by atoms with E-state index in [1.165, 1.54) is 9.30 Å². The molecule has 0 saturated carbocycles. The molecule has 10 nitrogen and oxygen atoms in total. The molecule has 3 heterocycles. The molecule has 3 aromatic rings. The molecule has 0 spiro atoms.